The number of rotatable bonds is 2. The molecule has 0 aromatic heterocycles. The van der Waals surface area contributed by atoms with Gasteiger partial charge < -0.3 is 16.4 Å². The number of unbranched alkanes of at least 4 members (excludes halogenated alkanes) is 1. The molecule has 0 aliphatic heterocycles. The van der Waals surface area contributed by atoms with E-state index in [1.54, 1.807) is 6.92 Å². The highest BCUT2D eigenvalue weighted by molar-refractivity contribution is 4.23. The van der Waals surface area contributed by atoms with Crippen LogP contribution in [0.4, 0.5) is 0 Å². The predicted molar refractivity (Wildman–Crippen MR) is 39.8 cm³/mol. The van der Waals surface area contributed by atoms with Gasteiger partial charge in [0, 0.05) is 13.2 Å². The summed E-state index contributed by atoms with van der Waals surface area (Å²) in [6.45, 7) is 4.33. The summed E-state index contributed by atoms with van der Waals surface area (Å²) in [5.74, 6) is 0. The first kappa shape index (κ1) is 15.9. The largest absolute Gasteiger partial charge is 0.397 e. The van der Waals surface area contributed by atoms with Crippen LogP contribution in [0, 0.1) is 0 Å². The van der Waals surface area contributed by atoms with Crippen molar-refractivity contribution in [3.8, 4) is 0 Å². The minimum atomic E-state index is 0. The Labute approximate surface area is 57.3 Å². The van der Waals surface area contributed by atoms with E-state index in [9.17, 15) is 0 Å². The Bertz CT molecular complexity index is 25.0. The molecule has 0 aliphatic carbocycles. The molecule has 0 saturated carbocycles. The molecule has 3 nitrogen and oxygen atoms in total. The Morgan fingerprint density at radius 3 is 1.44 bits per heavy atom. The standard InChI is InChI=1S/C4H10O.C2H6O.H3N/c1-2-3-4-5;1-2-3;/h5H,2-4H2,1H3;3H,2H2,1H3;1H3. The molecule has 0 unspecified atom stereocenters. The van der Waals surface area contributed by atoms with Crippen LogP contribution in [0.25, 0.3) is 0 Å². The summed E-state index contributed by atoms with van der Waals surface area (Å²) in [6, 6.07) is 0. The lowest BCUT2D eigenvalue weighted by Gasteiger charge is -1.79. The summed E-state index contributed by atoms with van der Waals surface area (Å²) >= 11 is 0. The molecule has 0 saturated heterocycles. The maximum absolute atomic E-state index is 8.07. The molecule has 0 spiro atoms. The summed E-state index contributed by atoms with van der Waals surface area (Å²) in [6.07, 6.45) is 2.04. The van der Waals surface area contributed by atoms with Gasteiger partial charge >= 0.3 is 0 Å². The topological polar surface area (TPSA) is 75.5 Å². The van der Waals surface area contributed by atoms with Crippen molar-refractivity contribution < 1.29 is 10.2 Å². The fourth-order valence-electron chi connectivity index (χ4n) is 0.158. The normalized spacial score (nSPS) is 6.67. The van der Waals surface area contributed by atoms with Gasteiger partial charge in [-0.3, -0.25) is 0 Å². The molecule has 9 heavy (non-hydrogen) atoms. The van der Waals surface area contributed by atoms with Crippen LogP contribution in [0.5, 0.6) is 0 Å². The minimum Gasteiger partial charge on any atom is -0.397 e. The lowest BCUT2D eigenvalue weighted by molar-refractivity contribution is 0.287. The zero-order chi connectivity index (χ0) is 6.83. The average molecular weight is 137 g/mol. The summed E-state index contributed by atoms with van der Waals surface area (Å²) < 4.78 is 0. The summed E-state index contributed by atoms with van der Waals surface area (Å²) in [4.78, 5) is 0. The molecule has 3 heteroatoms. The molecular formula is C6H19NO2. The van der Waals surface area contributed by atoms with Crippen LogP contribution in [0.15, 0.2) is 0 Å². The predicted octanol–water partition coefficient (Wildman–Crippen LogP) is 0.939. The van der Waals surface area contributed by atoms with Gasteiger partial charge in [0.05, 0.1) is 0 Å². The minimum absolute atomic E-state index is 0. The van der Waals surface area contributed by atoms with E-state index in [1.165, 1.54) is 0 Å². The molecule has 0 aromatic carbocycles. The van der Waals surface area contributed by atoms with Crippen LogP contribution in [0.1, 0.15) is 26.7 Å². The van der Waals surface area contributed by atoms with E-state index < -0.39 is 0 Å². The van der Waals surface area contributed by atoms with Crippen molar-refractivity contribution >= 4 is 0 Å². The first-order valence-corrected chi connectivity index (χ1v) is 3.05. The highest BCUT2D eigenvalue weighted by Gasteiger charge is 1.69. The Balaban J connectivity index is -0.0000000800. The molecule has 5 N–H and O–H groups in total. The maximum Gasteiger partial charge on any atom is 0.0430 e. The van der Waals surface area contributed by atoms with Crippen molar-refractivity contribution in [1.29, 1.82) is 0 Å². The van der Waals surface area contributed by atoms with E-state index in [-0.39, 0.29) is 12.8 Å². The van der Waals surface area contributed by atoms with Crippen molar-refractivity contribution in [1.82, 2.24) is 6.15 Å². The average Bonchev–Trinajstić information content (AvgIpc) is 1.71. The zero-order valence-electron chi connectivity index (χ0n) is 6.43. The number of aliphatic hydroxyl groups is 2. The van der Waals surface area contributed by atoms with Crippen LogP contribution < -0.4 is 6.15 Å². The monoisotopic (exact) mass is 137 g/mol. The van der Waals surface area contributed by atoms with E-state index in [2.05, 4.69) is 6.92 Å². The van der Waals surface area contributed by atoms with Crippen molar-refractivity contribution in [2.24, 2.45) is 0 Å². The van der Waals surface area contributed by atoms with Crippen LogP contribution in [-0.4, -0.2) is 23.4 Å². The lowest BCUT2D eigenvalue weighted by atomic mass is 10.4. The molecule has 0 amide bonds. The zero-order valence-corrected chi connectivity index (χ0v) is 6.43. The fourth-order valence-corrected chi connectivity index (χ4v) is 0.158. The lowest BCUT2D eigenvalue weighted by Crippen LogP contribution is -1.75. The summed E-state index contributed by atoms with van der Waals surface area (Å²) in [5.41, 5.74) is 0. The molecule has 60 valence electrons. The molecule has 0 aliphatic rings. The molecule has 0 fully saturated rings. The quantitative estimate of drug-likeness (QED) is 0.530. The van der Waals surface area contributed by atoms with Crippen molar-refractivity contribution in [3.63, 3.8) is 0 Å². The van der Waals surface area contributed by atoms with E-state index in [0.717, 1.165) is 12.8 Å². The molecule has 0 heterocycles. The van der Waals surface area contributed by atoms with Crippen LogP contribution in [0.3, 0.4) is 0 Å². The number of hydrogen-bond acceptors (Lipinski definition) is 3. The second kappa shape index (κ2) is 24.8. The van der Waals surface area contributed by atoms with E-state index in [4.69, 9.17) is 10.2 Å². The molecule has 0 rings (SSSR count). The van der Waals surface area contributed by atoms with Gasteiger partial charge in [0.25, 0.3) is 0 Å². The van der Waals surface area contributed by atoms with E-state index in [1.807, 2.05) is 0 Å². The van der Waals surface area contributed by atoms with E-state index in [0.29, 0.717) is 6.61 Å². The van der Waals surface area contributed by atoms with Crippen LogP contribution >= 0.6 is 0 Å². The molecule has 0 bridgehead atoms. The summed E-state index contributed by atoms with van der Waals surface area (Å²) in [7, 11) is 0. The van der Waals surface area contributed by atoms with Crippen LogP contribution in [0.2, 0.25) is 0 Å². The van der Waals surface area contributed by atoms with Crippen molar-refractivity contribution in [3.05, 3.63) is 0 Å². The summed E-state index contributed by atoms with van der Waals surface area (Å²) in [5, 5.41) is 15.6. The number of hydrogen-bond donors (Lipinski definition) is 3. The highest BCUT2D eigenvalue weighted by Crippen LogP contribution is 1.78. The maximum atomic E-state index is 8.07. The van der Waals surface area contributed by atoms with Crippen LogP contribution in [-0.2, 0) is 0 Å². The molecule has 0 aromatic rings. The van der Waals surface area contributed by atoms with Gasteiger partial charge in [-0.1, -0.05) is 13.3 Å². The molecule has 0 radical (unpaired) electrons. The second-order valence-corrected chi connectivity index (χ2v) is 1.39. The highest BCUT2D eigenvalue weighted by atomic mass is 16.3. The smallest absolute Gasteiger partial charge is 0.0430 e. The fraction of sp³-hybridized carbons (Fsp3) is 1.00. The van der Waals surface area contributed by atoms with Gasteiger partial charge in [0.2, 0.25) is 0 Å². The van der Waals surface area contributed by atoms with Crippen molar-refractivity contribution in [2.75, 3.05) is 13.2 Å². The molecule has 0 atom stereocenters. The van der Waals surface area contributed by atoms with Gasteiger partial charge in [0.1, 0.15) is 0 Å². The first-order valence-electron chi connectivity index (χ1n) is 3.05. The SMILES string of the molecule is CCCCO.CCO.N. The second-order valence-electron chi connectivity index (χ2n) is 1.39. The van der Waals surface area contributed by atoms with Gasteiger partial charge in [-0.2, -0.15) is 0 Å². The Kier molecular flexibility index (Phi) is 43.9. The third-order valence-corrected chi connectivity index (χ3v) is 0.512. The van der Waals surface area contributed by atoms with Gasteiger partial charge in [-0.15, -0.1) is 0 Å². The van der Waals surface area contributed by atoms with E-state index >= 15 is 0 Å². The number of aliphatic hydroxyl groups excluding tert-OH is 2. The Morgan fingerprint density at radius 2 is 1.44 bits per heavy atom. The Morgan fingerprint density at radius 1 is 1.11 bits per heavy atom. The van der Waals surface area contributed by atoms with Crippen molar-refractivity contribution in [2.45, 2.75) is 26.7 Å². The third-order valence-electron chi connectivity index (χ3n) is 0.512. The van der Waals surface area contributed by atoms with Gasteiger partial charge in [-0.05, 0) is 13.3 Å². The van der Waals surface area contributed by atoms with Gasteiger partial charge in [-0.25, -0.2) is 0 Å². The third kappa shape index (κ3) is 77.1. The Hall–Kier alpha value is -0.120. The van der Waals surface area contributed by atoms with Gasteiger partial charge in [0.15, 0.2) is 0 Å². The molecular weight excluding hydrogens is 118 g/mol. The first-order chi connectivity index (χ1) is 3.83.